The van der Waals surface area contributed by atoms with Gasteiger partial charge in [0.1, 0.15) is 11.5 Å². The molecule has 0 saturated heterocycles. The third-order valence-electron chi connectivity index (χ3n) is 10.7. The predicted octanol–water partition coefficient (Wildman–Crippen LogP) is 9.77. The number of allylic oxidation sites excluding steroid dienone is 2. The van der Waals surface area contributed by atoms with Gasteiger partial charge in [0.15, 0.2) is 17.3 Å². The smallest absolute Gasteiger partial charge is 0.335 e. The zero-order valence-corrected chi connectivity index (χ0v) is 35.7. The molecule has 6 aromatic carbocycles. The Bertz CT molecular complexity index is 2740. The average molecular weight is 885 g/mol. The van der Waals surface area contributed by atoms with Gasteiger partial charge in [0.25, 0.3) is 6.47 Å². The van der Waals surface area contributed by atoms with Crippen molar-refractivity contribution in [2.24, 2.45) is 11.8 Å². The van der Waals surface area contributed by atoms with Gasteiger partial charge >= 0.3 is 17.9 Å². The van der Waals surface area contributed by atoms with Crippen LogP contribution < -0.4 is 4.74 Å². The Morgan fingerprint density at radius 1 is 0.455 bits per heavy atom. The standard InChI is InChI=1S/C27H22O6.C16H12O3.C11H10O3/c1-16(29)22-23(17-7-9-20(10-8-17)27(31)32)24(18-11-13-21(14-12-18)33-15-28)25(22)26(30)19-5-3-2-4-6-19;17-15(13-4-2-1-3-5-13)11-8-12-6-9-14(10-7-12)16(18)19;1-8(12)2-3-9-4-6-10(7-5-9)11(13)14/h2-15,22-25H,1H3,(H,31,32);1-11H,(H,18,19);2-7H,1H3,(H,13,14)/b;11-8+;3-2+/t22-,23-,24-,25-;;/m0../s1. The minimum Gasteiger partial charge on any atom is -0.478 e. The molecular weight excluding hydrogens is 841 g/mol. The van der Waals surface area contributed by atoms with Crippen molar-refractivity contribution in [3.63, 3.8) is 0 Å². The minimum atomic E-state index is -1.03. The van der Waals surface area contributed by atoms with Crippen LogP contribution in [0.2, 0.25) is 0 Å². The van der Waals surface area contributed by atoms with E-state index in [0.717, 1.165) is 22.3 Å². The van der Waals surface area contributed by atoms with E-state index in [1.165, 1.54) is 62.4 Å². The first-order valence-electron chi connectivity index (χ1n) is 20.4. The van der Waals surface area contributed by atoms with E-state index in [9.17, 15) is 43.5 Å². The fourth-order valence-corrected chi connectivity index (χ4v) is 7.43. The van der Waals surface area contributed by atoms with Crippen LogP contribution in [0.4, 0.5) is 0 Å². The molecule has 0 aromatic heterocycles. The van der Waals surface area contributed by atoms with Gasteiger partial charge in [-0.15, -0.1) is 0 Å². The van der Waals surface area contributed by atoms with Crippen LogP contribution in [0.15, 0.2) is 170 Å². The number of Topliss-reactive ketones (excluding diaryl/α,β-unsaturated/α-hetero) is 2. The number of aromatic carboxylic acids is 3. The molecule has 332 valence electrons. The number of carboxylic acids is 3. The van der Waals surface area contributed by atoms with E-state index >= 15 is 0 Å². The van der Waals surface area contributed by atoms with Crippen LogP contribution in [0, 0.1) is 11.8 Å². The molecular formula is C54H44O12. The lowest BCUT2D eigenvalue weighted by Crippen LogP contribution is -2.50. The second-order valence-corrected chi connectivity index (χ2v) is 15.0. The van der Waals surface area contributed by atoms with E-state index in [4.69, 9.17) is 14.9 Å². The van der Waals surface area contributed by atoms with E-state index in [-0.39, 0.29) is 51.7 Å². The van der Waals surface area contributed by atoms with Crippen molar-refractivity contribution >= 4 is 59.7 Å². The van der Waals surface area contributed by atoms with Gasteiger partial charge in [-0.2, -0.15) is 0 Å². The molecule has 0 unspecified atom stereocenters. The molecule has 0 spiro atoms. The molecule has 3 N–H and O–H groups in total. The summed E-state index contributed by atoms with van der Waals surface area (Å²) < 4.78 is 4.89. The van der Waals surface area contributed by atoms with Crippen molar-refractivity contribution in [3.05, 3.63) is 220 Å². The third-order valence-corrected chi connectivity index (χ3v) is 10.7. The Kier molecular flexibility index (Phi) is 17.0. The van der Waals surface area contributed by atoms with Gasteiger partial charge < -0.3 is 20.1 Å². The zero-order chi connectivity index (χ0) is 47.8. The van der Waals surface area contributed by atoms with Crippen LogP contribution in [-0.4, -0.2) is 62.8 Å². The number of benzene rings is 6. The summed E-state index contributed by atoms with van der Waals surface area (Å²) in [4.78, 5) is 91.8. The highest BCUT2D eigenvalue weighted by Gasteiger charge is 2.56. The number of hydrogen-bond donors (Lipinski definition) is 3. The monoisotopic (exact) mass is 884 g/mol. The van der Waals surface area contributed by atoms with Gasteiger partial charge in [-0.3, -0.25) is 24.0 Å². The number of rotatable bonds is 15. The number of ether oxygens (including phenoxy) is 1. The lowest BCUT2D eigenvalue weighted by atomic mass is 9.50. The topological polar surface area (TPSA) is 206 Å². The van der Waals surface area contributed by atoms with Crippen LogP contribution in [-0.2, 0) is 14.4 Å². The normalized spacial score (nSPS) is 16.0. The zero-order valence-electron chi connectivity index (χ0n) is 35.7. The molecule has 1 fully saturated rings. The maximum atomic E-state index is 13.5. The molecule has 0 aliphatic heterocycles. The van der Waals surface area contributed by atoms with Crippen molar-refractivity contribution in [3.8, 4) is 5.75 Å². The first kappa shape index (κ1) is 48.4. The predicted molar refractivity (Wildman–Crippen MR) is 247 cm³/mol. The van der Waals surface area contributed by atoms with E-state index in [1.54, 1.807) is 109 Å². The van der Waals surface area contributed by atoms with Gasteiger partial charge in [-0.25, -0.2) is 14.4 Å². The Morgan fingerprint density at radius 2 is 0.848 bits per heavy atom. The van der Waals surface area contributed by atoms with E-state index < -0.39 is 29.7 Å². The fourth-order valence-electron chi connectivity index (χ4n) is 7.43. The SMILES string of the molecule is CC(=O)/C=C/c1ccc(C(=O)O)cc1.CC(=O)[C@@H]1[C@H](C(=O)c2ccccc2)[C@@H](c2ccc(OC=O)cc2)[C@H]1c1ccc(C(=O)O)cc1.O=C(O)c1ccc(/C=C/C(=O)c2ccccc2)cc1. The first-order valence-corrected chi connectivity index (χ1v) is 20.4. The molecule has 0 heterocycles. The molecule has 1 aliphatic rings. The molecule has 1 saturated carbocycles. The highest BCUT2D eigenvalue weighted by Crippen LogP contribution is 2.59. The Hall–Kier alpha value is -8.64. The summed E-state index contributed by atoms with van der Waals surface area (Å²) in [6.45, 7) is 3.30. The van der Waals surface area contributed by atoms with Gasteiger partial charge in [-0.1, -0.05) is 121 Å². The second-order valence-electron chi connectivity index (χ2n) is 15.0. The summed E-state index contributed by atoms with van der Waals surface area (Å²) >= 11 is 0. The highest BCUT2D eigenvalue weighted by molar-refractivity contribution is 6.07. The quantitative estimate of drug-likeness (QED) is 0.0501. The molecule has 7 rings (SSSR count). The molecule has 1 aliphatic carbocycles. The van der Waals surface area contributed by atoms with E-state index in [0.29, 0.717) is 23.3 Å². The van der Waals surface area contributed by atoms with Crippen molar-refractivity contribution in [1.82, 2.24) is 0 Å². The fraction of sp³-hybridized carbons (Fsp3) is 0.111. The number of carboxylic acid groups (broad SMARTS) is 3. The van der Waals surface area contributed by atoms with Gasteiger partial charge in [-0.05, 0) is 96.8 Å². The molecule has 0 bridgehead atoms. The van der Waals surface area contributed by atoms with Crippen molar-refractivity contribution < 1.29 is 58.4 Å². The van der Waals surface area contributed by atoms with Gasteiger partial charge in [0, 0.05) is 34.8 Å². The number of hydrogen-bond acceptors (Lipinski definition) is 9. The van der Waals surface area contributed by atoms with E-state index in [1.807, 2.05) is 24.3 Å². The molecule has 12 nitrogen and oxygen atoms in total. The maximum Gasteiger partial charge on any atom is 0.335 e. The number of carbonyl (C=O) groups is 8. The molecule has 66 heavy (non-hydrogen) atoms. The Labute approximate surface area is 380 Å². The number of ketones is 4. The van der Waals surface area contributed by atoms with E-state index in [2.05, 4.69) is 0 Å². The molecule has 0 amide bonds. The Morgan fingerprint density at radius 3 is 1.26 bits per heavy atom. The number of carbonyl (C=O) groups excluding carboxylic acids is 5. The van der Waals surface area contributed by atoms with Crippen LogP contribution in [0.3, 0.4) is 0 Å². The maximum absolute atomic E-state index is 13.5. The summed E-state index contributed by atoms with van der Waals surface area (Å²) in [5.74, 6) is -4.56. The molecule has 0 radical (unpaired) electrons. The second kappa shape index (κ2) is 23.2. The van der Waals surface area contributed by atoms with Crippen LogP contribution in [0.25, 0.3) is 12.2 Å². The summed E-state index contributed by atoms with van der Waals surface area (Å²) in [6.07, 6.45) is 6.23. The first-order chi connectivity index (χ1) is 31.7. The van der Waals surface area contributed by atoms with Crippen molar-refractivity contribution in [1.29, 1.82) is 0 Å². The highest BCUT2D eigenvalue weighted by atomic mass is 16.5. The minimum absolute atomic E-state index is 0.0349. The molecule has 6 aromatic rings. The van der Waals surface area contributed by atoms with Crippen LogP contribution >= 0.6 is 0 Å². The third kappa shape index (κ3) is 13.0. The largest absolute Gasteiger partial charge is 0.478 e. The molecule has 12 heteroatoms. The van der Waals surface area contributed by atoms with Crippen molar-refractivity contribution in [2.45, 2.75) is 25.7 Å². The van der Waals surface area contributed by atoms with Crippen LogP contribution in [0.1, 0.15) is 99.7 Å². The van der Waals surface area contributed by atoms with Crippen molar-refractivity contribution in [2.75, 3.05) is 0 Å². The molecule has 4 atom stereocenters. The summed E-state index contributed by atoms with van der Waals surface area (Å²) in [5.41, 5.74) is 5.03. The average Bonchev–Trinajstić information content (AvgIpc) is 3.31. The summed E-state index contributed by atoms with van der Waals surface area (Å²) in [7, 11) is 0. The van der Waals surface area contributed by atoms with Crippen LogP contribution in [0.5, 0.6) is 5.75 Å². The van der Waals surface area contributed by atoms with Gasteiger partial charge in [0.2, 0.25) is 0 Å². The van der Waals surface area contributed by atoms with Gasteiger partial charge in [0.05, 0.1) is 16.7 Å². The lowest BCUT2D eigenvalue weighted by molar-refractivity contribution is -0.127. The lowest BCUT2D eigenvalue weighted by Gasteiger charge is -2.51. The summed E-state index contributed by atoms with van der Waals surface area (Å²) in [6, 6.07) is 43.9. The Balaban J connectivity index is 0.000000208. The summed E-state index contributed by atoms with van der Waals surface area (Å²) in [5, 5.41) is 26.6.